The van der Waals surface area contributed by atoms with E-state index in [4.69, 9.17) is 16.0 Å². The predicted molar refractivity (Wildman–Crippen MR) is 78.8 cm³/mol. The first-order valence-electron chi connectivity index (χ1n) is 6.59. The molecule has 2 aromatic heterocycles. The van der Waals surface area contributed by atoms with Gasteiger partial charge in [-0.3, -0.25) is 5.10 Å². The Kier molecular flexibility index (Phi) is 4.03. The van der Waals surface area contributed by atoms with E-state index in [1.165, 1.54) is 6.33 Å². The molecule has 0 aliphatic rings. The summed E-state index contributed by atoms with van der Waals surface area (Å²) in [6.07, 6.45) is 3.55. The molecule has 0 fully saturated rings. The molecular weight excluding hydrogens is 290 g/mol. The van der Waals surface area contributed by atoms with Crippen molar-refractivity contribution in [3.63, 3.8) is 0 Å². The van der Waals surface area contributed by atoms with Gasteiger partial charge in [0.25, 0.3) is 0 Å². The summed E-state index contributed by atoms with van der Waals surface area (Å²) in [6, 6.07) is 9.41. The second-order valence-electron chi connectivity index (χ2n) is 4.71. The van der Waals surface area contributed by atoms with Crippen LogP contribution in [0.1, 0.15) is 23.9 Å². The molecule has 2 heterocycles. The van der Waals surface area contributed by atoms with Crippen molar-refractivity contribution in [1.82, 2.24) is 15.2 Å². The molecule has 0 saturated heterocycles. The van der Waals surface area contributed by atoms with Gasteiger partial charge in [0.15, 0.2) is 5.82 Å². The number of aryl methyl sites for hydroxylation is 1. The van der Waals surface area contributed by atoms with Crippen molar-refractivity contribution in [1.29, 1.82) is 0 Å². The van der Waals surface area contributed by atoms with Gasteiger partial charge >= 0.3 is 0 Å². The molecule has 0 spiro atoms. The Hall–Kier alpha value is -2.11. The number of aromatic amines is 1. The van der Waals surface area contributed by atoms with E-state index in [0.717, 1.165) is 16.9 Å². The summed E-state index contributed by atoms with van der Waals surface area (Å²) >= 11 is 6.01. The summed E-state index contributed by atoms with van der Waals surface area (Å²) in [4.78, 5) is 3.95. The standard InChI is InChI=1S/C15H14ClN3O2/c16-12-3-1-2-11(8-12)14-10(6-7-21-14)4-5-13(20)15-17-9-18-19-15/h1-3,6-9,13,20H,4-5H2,(H,17,18,19). The van der Waals surface area contributed by atoms with Crippen molar-refractivity contribution in [2.24, 2.45) is 0 Å². The molecule has 0 radical (unpaired) electrons. The number of hydrogen-bond donors (Lipinski definition) is 2. The second-order valence-corrected chi connectivity index (χ2v) is 5.15. The fourth-order valence-corrected chi connectivity index (χ4v) is 2.41. The van der Waals surface area contributed by atoms with Crippen LogP contribution >= 0.6 is 11.6 Å². The maximum absolute atomic E-state index is 10.0. The fourth-order valence-electron chi connectivity index (χ4n) is 2.22. The average molecular weight is 304 g/mol. The summed E-state index contributed by atoms with van der Waals surface area (Å²) in [6.45, 7) is 0. The lowest BCUT2D eigenvalue weighted by molar-refractivity contribution is 0.158. The molecule has 108 valence electrons. The first-order chi connectivity index (χ1) is 10.2. The Balaban J connectivity index is 1.74. The zero-order valence-electron chi connectivity index (χ0n) is 11.2. The quantitative estimate of drug-likeness (QED) is 0.757. The third-order valence-electron chi connectivity index (χ3n) is 3.27. The molecule has 0 aliphatic heterocycles. The minimum Gasteiger partial charge on any atom is -0.464 e. The molecule has 5 nitrogen and oxygen atoms in total. The number of H-pyrrole nitrogens is 1. The highest BCUT2D eigenvalue weighted by Crippen LogP contribution is 2.29. The Bertz CT molecular complexity index is 709. The maximum atomic E-state index is 10.0. The maximum Gasteiger partial charge on any atom is 0.153 e. The van der Waals surface area contributed by atoms with Gasteiger partial charge in [-0.05, 0) is 36.6 Å². The van der Waals surface area contributed by atoms with Gasteiger partial charge in [-0.25, -0.2) is 4.98 Å². The summed E-state index contributed by atoms with van der Waals surface area (Å²) in [5.41, 5.74) is 1.95. The topological polar surface area (TPSA) is 74.9 Å². The molecule has 6 heteroatoms. The van der Waals surface area contributed by atoms with Crippen LogP contribution in [0.4, 0.5) is 0 Å². The van der Waals surface area contributed by atoms with Crippen molar-refractivity contribution >= 4 is 11.6 Å². The second kappa shape index (κ2) is 6.11. The first kappa shape index (κ1) is 13.9. The normalized spacial score (nSPS) is 12.5. The van der Waals surface area contributed by atoms with Crippen molar-refractivity contribution in [3.8, 4) is 11.3 Å². The fraction of sp³-hybridized carbons (Fsp3) is 0.200. The number of hydrogen-bond acceptors (Lipinski definition) is 4. The van der Waals surface area contributed by atoms with E-state index in [0.29, 0.717) is 23.7 Å². The van der Waals surface area contributed by atoms with Crippen LogP contribution < -0.4 is 0 Å². The van der Waals surface area contributed by atoms with Crippen LogP contribution in [-0.2, 0) is 6.42 Å². The number of nitrogens with zero attached hydrogens (tertiary/aromatic N) is 2. The number of aromatic nitrogens is 3. The van der Waals surface area contributed by atoms with Gasteiger partial charge in [0.1, 0.15) is 18.2 Å². The predicted octanol–water partition coefficient (Wildman–Crippen LogP) is 3.38. The monoisotopic (exact) mass is 303 g/mol. The number of aliphatic hydroxyl groups is 1. The SMILES string of the molecule is OC(CCc1ccoc1-c1cccc(Cl)c1)c1ncn[nH]1. The Morgan fingerprint density at radius 3 is 3.00 bits per heavy atom. The largest absolute Gasteiger partial charge is 0.464 e. The number of furan rings is 1. The first-order valence-corrected chi connectivity index (χ1v) is 6.97. The third-order valence-corrected chi connectivity index (χ3v) is 3.51. The van der Waals surface area contributed by atoms with Crippen molar-refractivity contribution in [2.45, 2.75) is 18.9 Å². The zero-order chi connectivity index (χ0) is 14.7. The van der Waals surface area contributed by atoms with Gasteiger partial charge < -0.3 is 9.52 Å². The number of nitrogens with one attached hydrogen (secondary N) is 1. The lowest BCUT2D eigenvalue weighted by atomic mass is 10.0. The van der Waals surface area contributed by atoms with E-state index in [2.05, 4.69) is 15.2 Å². The molecule has 2 N–H and O–H groups in total. The average Bonchev–Trinajstić information content (AvgIpc) is 3.16. The molecule has 1 atom stereocenters. The van der Waals surface area contributed by atoms with Crippen LogP contribution in [0.3, 0.4) is 0 Å². The van der Waals surface area contributed by atoms with E-state index >= 15 is 0 Å². The van der Waals surface area contributed by atoms with E-state index < -0.39 is 6.10 Å². The van der Waals surface area contributed by atoms with Gasteiger partial charge in [-0.15, -0.1) is 0 Å². The summed E-state index contributed by atoms with van der Waals surface area (Å²) in [7, 11) is 0. The van der Waals surface area contributed by atoms with Crippen molar-refractivity contribution < 1.29 is 9.52 Å². The minimum atomic E-state index is -0.672. The van der Waals surface area contributed by atoms with E-state index in [1.54, 1.807) is 6.26 Å². The van der Waals surface area contributed by atoms with Crippen molar-refractivity contribution in [2.75, 3.05) is 0 Å². The van der Waals surface area contributed by atoms with Crippen molar-refractivity contribution in [3.05, 3.63) is 59.3 Å². The van der Waals surface area contributed by atoms with E-state index in [-0.39, 0.29) is 0 Å². The molecule has 3 rings (SSSR count). The minimum absolute atomic E-state index is 0.475. The lowest BCUT2D eigenvalue weighted by Gasteiger charge is -2.07. The van der Waals surface area contributed by atoms with Crippen LogP contribution in [-0.4, -0.2) is 20.3 Å². The van der Waals surface area contributed by atoms with Crippen LogP contribution in [0.15, 0.2) is 47.3 Å². The highest BCUT2D eigenvalue weighted by atomic mass is 35.5. The van der Waals surface area contributed by atoms with E-state index in [1.807, 2.05) is 30.3 Å². The van der Waals surface area contributed by atoms with Crippen LogP contribution in [0, 0.1) is 0 Å². The molecule has 1 unspecified atom stereocenters. The molecule has 1 aromatic carbocycles. The summed E-state index contributed by atoms with van der Waals surface area (Å²) in [5, 5.41) is 17.1. The van der Waals surface area contributed by atoms with Gasteiger partial charge in [0, 0.05) is 10.6 Å². The lowest BCUT2D eigenvalue weighted by Crippen LogP contribution is -2.02. The van der Waals surface area contributed by atoms with Gasteiger partial charge in [0.2, 0.25) is 0 Å². The summed E-state index contributed by atoms with van der Waals surface area (Å²) in [5.74, 6) is 1.25. The van der Waals surface area contributed by atoms with Crippen LogP contribution in [0.25, 0.3) is 11.3 Å². The smallest absolute Gasteiger partial charge is 0.153 e. The van der Waals surface area contributed by atoms with E-state index in [9.17, 15) is 5.11 Å². The molecule has 0 bridgehead atoms. The Morgan fingerprint density at radius 1 is 1.33 bits per heavy atom. The number of halogens is 1. The Labute approximate surface area is 126 Å². The highest BCUT2D eigenvalue weighted by molar-refractivity contribution is 6.30. The van der Waals surface area contributed by atoms with Crippen LogP contribution in [0.2, 0.25) is 5.02 Å². The number of benzene rings is 1. The molecule has 0 amide bonds. The molecule has 3 aromatic rings. The Morgan fingerprint density at radius 2 is 2.24 bits per heavy atom. The highest BCUT2D eigenvalue weighted by Gasteiger charge is 2.14. The van der Waals surface area contributed by atoms with Gasteiger partial charge in [0.05, 0.1) is 6.26 Å². The molecule has 0 aliphatic carbocycles. The molecule has 21 heavy (non-hydrogen) atoms. The van der Waals surface area contributed by atoms with Crippen LogP contribution in [0.5, 0.6) is 0 Å². The van der Waals surface area contributed by atoms with Gasteiger partial charge in [-0.1, -0.05) is 23.7 Å². The summed E-state index contributed by atoms with van der Waals surface area (Å²) < 4.78 is 5.55. The molecular formula is C15H14ClN3O2. The zero-order valence-corrected chi connectivity index (χ0v) is 11.9. The number of aliphatic hydroxyl groups excluding tert-OH is 1. The number of rotatable bonds is 5. The third kappa shape index (κ3) is 3.15. The van der Waals surface area contributed by atoms with Gasteiger partial charge in [-0.2, -0.15) is 5.10 Å². The molecule has 0 saturated carbocycles.